The molecule has 0 spiro atoms. The Hall–Kier alpha value is -1.22. The van der Waals surface area contributed by atoms with E-state index in [0.29, 0.717) is 12.1 Å². The number of nitrogens with one attached hydrogen (secondary N) is 1. The van der Waals surface area contributed by atoms with Crippen molar-refractivity contribution in [1.29, 1.82) is 0 Å². The fourth-order valence-corrected chi connectivity index (χ4v) is 3.07. The predicted molar refractivity (Wildman–Crippen MR) is 87.2 cm³/mol. The first kappa shape index (κ1) is 16.2. The quantitative estimate of drug-likeness (QED) is 0.717. The molecule has 0 aromatic heterocycles. The molecule has 118 valence electrons. The van der Waals surface area contributed by atoms with Crippen LogP contribution in [0.2, 0.25) is 0 Å². The number of fused-ring (bicyclic) bond motifs is 1. The van der Waals surface area contributed by atoms with Crippen LogP contribution >= 0.6 is 0 Å². The zero-order valence-electron chi connectivity index (χ0n) is 13.7. The molecule has 2 atom stereocenters. The number of hydrogen-bond donors (Lipinski definition) is 1. The molecule has 0 fully saturated rings. The molecule has 0 saturated carbocycles. The van der Waals surface area contributed by atoms with Gasteiger partial charge in [-0.2, -0.15) is 0 Å². The number of unbranched alkanes of at least 4 members (excludes halogenated alkanes) is 4. The number of benzene rings is 1. The summed E-state index contributed by atoms with van der Waals surface area (Å²) in [6.07, 6.45) is 9.12. The Morgan fingerprint density at radius 2 is 2.05 bits per heavy atom. The van der Waals surface area contributed by atoms with Gasteiger partial charge in [0.25, 0.3) is 0 Å². The minimum atomic E-state index is 0.323. The van der Waals surface area contributed by atoms with Gasteiger partial charge in [0.1, 0.15) is 17.6 Å². The largest absolute Gasteiger partial charge is 0.497 e. The van der Waals surface area contributed by atoms with Crippen molar-refractivity contribution in [3.8, 4) is 11.5 Å². The number of methoxy groups -OCH3 is 1. The highest BCUT2D eigenvalue weighted by Crippen LogP contribution is 2.38. The van der Waals surface area contributed by atoms with Gasteiger partial charge < -0.3 is 14.8 Å². The van der Waals surface area contributed by atoms with Gasteiger partial charge in [0.15, 0.2) is 0 Å². The van der Waals surface area contributed by atoms with Crippen LogP contribution in [0.1, 0.15) is 63.5 Å². The van der Waals surface area contributed by atoms with Gasteiger partial charge in [-0.1, -0.05) is 38.7 Å². The van der Waals surface area contributed by atoms with Gasteiger partial charge in [0, 0.05) is 24.1 Å². The standard InChI is InChI=1S/C18H29NO2/c1-4-5-6-7-8-9-15-12-17(19-2)16-11-10-14(20-3)13-18(16)21-15/h10-11,13,15,17,19H,4-9,12H2,1-3H3. The summed E-state index contributed by atoms with van der Waals surface area (Å²) in [4.78, 5) is 0. The fraction of sp³-hybridized carbons (Fsp3) is 0.667. The van der Waals surface area contributed by atoms with Crippen molar-refractivity contribution in [2.24, 2.45) is 0 Å². The van der Waals surface area contributed by atoms with Crippen molar-refractivity contribution in [2.75, 3.05) is 14.2 Å². The number of ether oxygens (including phenoxy) is 2. The number of hydrogen-bond acceptors (Lipinski definition) is 3. The monoisotopic (exact) mass is 291 g/mol. The SMILES string of the molecule is CCCCCCCC1CC(NC)c2ccc(OC)cc2O1. The van der Waals surface area contributed by atoms with E-state index in [4.69, 9.17) is 9.47 Å². The highest BCUT2D eigenvalue weighted by molar-refractivity contribution is 5.44. The van der Waals surface area contributed by atoms with Gasteiger partial charge in [-0.15, -0.1) is 0 Å². The molecule has 0 saturated heterocycles. The van der Waals surface area contributed by atoms with Crippen LogP contribution < -0.4 is 14.8 Å². The third kappa shape index (κ3) is 4.37. The summed E-state index contributed by atoms with van der Waals surface area (Å²) < 4.78 is 11.5. The summed E-state index contributed by atoms with van der Waals surface area (Å²) in [5.41, 5.74) is 1.25. The Balaban J connectivity index is 1.94. The Bertz CT molecular complexity index is 433. The van der Waals surface area contributed by atoms with E-state index >= 15 is 0 Å². The maximum Gasteiger partial charge on any atom is 0.128 e. The Morgan fingerprint density at radius 1 is 1.24 bits per heavy atom. The first-order valence-corrected chi connectivity index (χ1v) is 8.30. The van der Waals surface area contributed by atoms with E-state index in [2.05, 4.69) is 18.3 Å². The normalized spacial score (nSPS) is 20.7. The van der Waals surface area contributed by atoms with E-state index < -0.39 is 0 Å². The molecule has 1 heterocycles. The van der Waals surface area contributed by atoms with Crippen LogP contribution in [0.3, 0.4) is 0 Å². The molecule has 1 aliphatic rings. The van der Waals surface area contributed by atoms with Crippen LogP contribution in [-0.2, 0) is 0 Å². The molecule has 3 nitrogen and oxygen atoms in total. The summed E-state index contributed by atoms with van der Waals surface area (Å²) in [6, 6.07) is 6.54. The second-order valence-corrected chi connectivity index (χ2v) is 5.92. The topological polar surface area (TPSA) is 30.5 Å². The van der Waals surface area contributed by atoms with Gasteiger partial charge in [-0.3, -0.25) is 0 Å². The second-order valence-electron chi connectivity index (χ2n) is 5.92. The van der Waals surface area contributed by atoms with Crippen molar-refractivity contribution in [2.45, 2.75) is 64.0 Å². The van der Waals surface area contributed by atoms with Crippen molar-refractivity contribution in [3.05, 3.63) is 23.8 Å². The van der Waals surface area contributed by atoms with Crippen molar-refractivity contribution in [1.82, 2.24) is 5.32 Å². The third-order valence-electron chi connectivity index (χ3n) is 4.37. The molecule has 1 aromatic rings. The highest BCUT2D eigenvalue weighted by Gasteiger charge is 2.27. The molecule has 0 amide bonds. The van der Waals surface area contributed by atoms with Crippen LogP contribution in [0.5, 0.6) is 11.5 Å². The Morgan fingerprint density at radius 3 is 2.76 bits per heavy atom. The molecule has 21 heavy (non-hydrogen) atoms. The minimum Gasteiger partial charge on any atom is -0.497 e. The molecule has 1 aliphatic heterocycles. The van der Waals surface area contributed by atoms with E-state index in [1.54, 1.807) is 7.11 Å². The summed E-state index contributed by atoms with van der Waals surface area (Å²) in [7, 11) is 3.73. The molecule has 2 rings (SSSR count). The summed E-state index contributed by atoms with van der Waals surface area (Å²) >= 11 is 0. The van der Waals surface area contributed by atoms with E-state index in [9.17, 15) is 0 Å². The molecule has 0 radical (unpaired) electrons. The molecular formula is C18H29NO2. The molecule has 1 N–H and O–H groups in total. The Kier molecular flexibility index (Phi) is 6.37. The molecule has 0 aliphatic carbocycles. The zero-order chi connectivity index (χ0) is 15.1. The van der Waals surface area contributed by atoms with E-state index in [1.165, 1.54) is 37.7 Å². The molecule has 2 unspecified atom stereocenters. The Labute approximate surface area is 129 Å². The smallest absolute Gasteiger partial charge is 0.128 e. The van der Waals surface area contributed by atoms with Gasteiger partial charge >= 0.3 is 0 Å². The minimum absolute atomic E-state index is 0.323. The summed E-state index contributed by atoms with van der Waals surface area (Å²) in [5.74, 6) is 1.85. The molecule has 3 heteroatoms. The lowest BCUT2D eigenvalue weighted by Crippen LogP contribution is -2.31. The third-order valence-corrected chi connectivity index (χ3v) is 4.37. The van der Waals surface area contributed by atoms with Crippen LogP contribution in [0.15, 0.2) is 18.2 Å². The first-order valence-electron chi connectivity index (χ1n) is 8.30. The van der Waals surface area contributed by atoms with Gasteiger partial charge in [-0.25, -0.2) is 0 Å². The van der Waals surface area contributed by atoms with Crippen molar-refractivity contribution >= 4 is 0 Å². The number of rotatable bonds is 8. The van der Waals surface area contributed by atoms with Crippen LogP contribution in [-0.4, -0.2) is 20.3 Å². The van der Waals surface area contributed by atoms with Crippen LogP contribution in [0.25, 0.3) is 0 Å². The highest BCUT2D eigenvalue weighted by atomic mass is 16.5. The zero-order valence-corrected chi connectivity index (χ0v) is 13.7. The lowest BCUT2D eigenvalue weighted by atomic mass is 9.93. The second kappa shape index (κ2) is 8.28. The van der Waals surface area contributed by atoms with Gasteiger partial charge in [-0.05, 0) is 26.0 Å². The van der Waals surface area contributed by atoms with Crippen LogP contribution in [0.4, 0.5) is 0 Å². The maximum absolute atomic E-state index is 6.19. The fourth-order valence-electron chi connectivity index (χ4n) is 3.07. The average Bonchev–Trinajstić information content (AvgIpc) is 2.53. The predicted octanol–water partition coefficient (Wildman–Crippen LogP) is 4.47. The van der Waals surface area contributed by atoms with Crippen LogP contribution in [0, 0.1) is 0 Å². The maximum atomic E-state index is 6.19. The average molecular weight is 291 g/mol. The molecular weight excluding hydrogens is 262 g/mol. The summed E-state index contributed by atoms with van der Waals surface area (Å²) in [5, 5.41) is 3.42. The van der Waals surface area contributed by atoms with Crippen molar-refractivity contribution < 1.29 is 9.47 Å². The lowest BCUT2D eigenvalue weighted by molar-refractivity contribution is 0.139. The van der Waals surface area contributed by atoms with Gasteiger partial charge in [0.05, 0.1) is 7.11 Å². The lowest BCUT2D eigenvalue weighted by Gasteiger charge is -2.32. The van der Waals surface area contributed by atoms with E-state index in [-0.39, 0.29) is 0 Å². The van der Waals surface area contributed by atoms with E-state index in [1.807, 2.05) is 19.2 Å². The van der Waals surface area contributed by atoms with Gasteiger partial charge in [0.2, 0.25) is 0 Å². The van der Waals surface area contributed by atoms with E-state index in [0.717, 1.165) is 24.3 Å². The molecule has 0 bridgehead atoms. The summed E-state index contributed by atoms with van der Waals surface area (Å²) in [6.45, 7) is 2.26. The first-order chi connectivity index (χ1) is 10.3. The molecule has 1 aromatic carbocycles. The van der Waals surface area contributed by atoms with Crippen molar-refractivity contribution in [3.63, 3.8) is 0 Å².